The molecule has 0 aliphatic heterocycles. The van der Waals surface area contributed by atoms with Crippen LogP contribution in [0, 0.1) is 5.41 Å². The maximum absolute atomic E-state index is 13.1. The molecule has 0 saturated heterocycles. The van der Waals surface area contributed by atoms with Gasteiger partial charge in [-0.05, 0) is 18.1 Å². The van der Waals surface area contributed by atoms with Crippen molar-refractivity contribution in [1.82, 2.24) is 5.32 Å². The van der Waals surface area contributed by atoms with Crippen molar-refractivity contribution >= 4 is 11.9 Å². The fourth-order valence-corrected chi connectivity index (χ4v) is 4.31. The third-order valence-electron chi connectivity index (χ3n) is 6.28. The Morgan fingerprint density at radius 1 is 1.07 bits per heavy atom. The van der Waals surface area contributed by atoms with E-state index >= 15 is 0 Å². The molecule has 5 nitrogen and oxygen atoms in total. The molecule has 0 heterocycles. The van der Waals surface area contributed by atoms with Crippen molar-refractivity contribution in [1.29, 1.82) is 0 Å². The van der Waals surface area contributed by atoms with Gasteiger partial charge in [0, 0.05) is 30.8 Å². The van der Waals surface area contributed by atoms with Crippen molar-refractivity contribution < 1.29 is 19.4 Å². The predicted molar refractivity (Wildman–Crippen MR) is 112 cm³/mol. The lowest BCUT2D eigenvalue weighted by Gasteiger charge is -2.58. The van der Waals surface area contributed by atoms with Crippen LogP contribution in [0.15, 0.2) is 60.7 Å². The summed E-state index contributed by atoms with van der Waals surface area (Å²) >= 11 is 0. The Morgan fingerprint density at radius 2 is 1.59 bits per heavy atom. The number of amides is 1. The van der Waals surface area contributed by atoms with Gasteiger partial charge in [0.15, 0.2) is 0 Å². The summed E-state index contributed by atoms with van der Waals surface area (Å²) in [6.07, 6.45) is 0.261. The van der Waals surface area contributed by atoms with Gasteiger partial charge in [-0.25, -0.2) is 4.79 Å². The van der Waals surface area contributed by atoms with Crippen LogP contribution >= 0.6 is 0 Å². The molecule has 1 saturated carbocycles. The SMILES string of the molecule is CCOC1CC(NC(=O)CC(c2ccccc2)c2ccccc2)(C(=O)O)C1(C)C. The first-order valence-electron chi connectivity index (χ1n) is 10.1. The van der Waals surface area contributed by atoms with Gasteiger partial charge in [-0.1, -0.05) is 74.5 Å². The highest BCUT2D eigenvalue weighted by Crippen LogP contribution is 2.51. The number of carbonyl (C=O) groups excluding carboxylic acids is 1. The summed E-state index contributed by atoms with van der Waals surface area (Å²) in [5.41, 5.74) is 0.0398. The third kappa shape index (κ3) is 3.92. The highest BCUT2D eigenvalue weighted by atomic mass is 16.5. The summed E-state index contributed by atoms with van der Waals surface area (Å²) in [4.78, 5) is 25.2. The standard InChI is InChI=1S/C24H29NO4/c1-4-29-20-16-24(22(27)28,23(20,2)3)25-21(26)15-19(17-11-7-5-8-12-17)18-13-9-6-10-14-18/h5-14,19-20H,4,15-16H2,1-3H3,(H,25,26)(H,27,28). The number of carbonyl (C=O) groups is 2. The molecular weight excluding hydrogens is 366 g/mol. The zero-order valence-electron chi connectivity index (χ0n) is 17.2. The minimum atomic E-state index is -1.32. The highest BCUT2D eigenvalue weighted by molar-refractivity contribution is 5.89. The van der Waals surface area contributed by atoms with E-state index in [4.69, 9.17) is 4.74 Å². The fourth-order valence-electron chi connectivity index (χ4n) is 4.31. The van der Waals surface area contributed by atoms with E-state index in [2.05, 4.69) is 5.32 Å². The summed E-state index contributed by atoms with van der Waals surface area (Å²) in [7, 11) is 0. The van der Waals surface area contributed by atoms with E-state index in [1.807, 2.05) is 81.4 Å². The van der Waals surface area contributed by atoms with Crippen LogP contribution in [-0.4, -0.2) is 35.2 Å². The second-order valence-electron chi connectivity index (χ2n) is 8.21. The van der Waals surface area contributed by atoms with Crippen LogP contribution in [0.5, 0.6) is 0 Å². The second kappa shape index (κ2) is 8.37. The summed E-state index contributed by atoms with van der Waals surface area (Å²) in [5.74, 6) is -1.43. The maximum Gasteiger partial charge on any atom is 0.330 e. The number of aliphatic carboxylic acids is 1. The van der Waals surface area contributed by atoms with E-state index in [1.165, 1.54) is 0 Å². The predicted octanol–water partition coefficient (Wildman–Crippen LogP) is 3.98. The molecule has 1 aliphatic carbocycles. The first-order chi connectivity index (χ1) is 13.8. The van der Waals surface area contributed by atoms with Crippen molar-refractivity contribution in [2.45, 2.75) is 51.2 Å². The summed E-state index contributed by atoms with van der Waals surface area (Å²) in [6, 6.07) is 19.7. The number of carboxylic acid groups (broad SMARTS) is 1. The molecule has 2 unspecified atom stereocenters. The van der Waals surface area contributed by atoms with Crippen molar-refractivity contribution in [3.8, 4) is 0 Å². The number of hydrogen-bond donors (Lipinski definition) is 2. The quantitative estimate of drug-likeness (QED) is 0.709. The van der Waals surface area contributed by atoms with Crippen LogP contribution < -0.4 is 5.32 Å². The van der Waals surface area contributed by atoms with E-state index in [0.717, 1.165) is 11.1 Å². The molecule has 5 heteroatoms. The van der Waals surface area contributed by atoms with E-state index in [9.17, 15) is 14.7 Å². The van der Waals surface area contributed by atoms with Gasteiger partial charge in [-0.15, -0.1) is 0 Å². The van der Waals surface area contributed by atoms with Gasteiger partial charge >= 0.3 is 5.97 Å². The Kier molecular flexibility index (Phi) is 6.08. The largest absolute Gasteiger partial charge is 0.479 e. The van der Waals surface area contributed by atoms with Gasteiger partial charge in [-0.2, -0.15) is 0 Å². The van der Waals surface area contributed by atoms with Gasteiger partial charge < -0.3 is 15.2 Å². The molecule has 0 spiro atoms. The molecule has 1 aliphatic rings. The van der Waals surface area contributed by atoms with Crippen molar-refractivity contribution in [3.63, 3.8) is 0 Å². The Morgan fingerprint density at radius 3 is 2.00 bits per heavy atom. The molecule has 0 aromatic heterocycles. The first-order valence-corrected chi connectivity index (χ1v) is 10.1. The molecule has 3 rings (SSSR count). The average Bonchev–Trinajstić information content (AvgIpc) is 2.72. The van der Waals surface area contributed by atoms with Crippen LogP contribution in [0.25, 0.3) is 0 Å². The van der Waals surface area contributed by atoms with E-state index < -0.39 is 16.9 Å². The van der Waals surface area contributed by atoms with Crippen LogP contribution in [0.3, 0.4) is 0 Å². The molecule has 1 fully saturated rings. The summed E-state index contributed by atoms with van der Waals surface area (Å²) < 4.78 is 5.69. The van der Waals surface area contributed by atoms with Crippen molar-refractivity contribution in [2.75, 3.05) is 6.61 Å². The molecule has 2 atom stereocenters. The number of ether oxygens (including phenoxy) is 1. The maximum atomic E-state index is 13.1. The summed E-state index contributed by atoms with van der Waals surface area (Å²) in [5, 5.41) is 12.8. The number of nitrogens with one attached hydrogen (secondary N) is 1. The zero-order chi connectivity index (χ0) is 21.1. The van der Waals surface area contributed by atoms with Crippen LogP contribution in [-0.2, 0) is 14.3 Å². The average molecular weight is 395 g/mol. The van der Waals surface area contributed by atoms with Crippen LogP contribution in [0.2, 0.25) is 0 Å². The number of benzene rings is 2. The molecule has 0 bridgehead atoms. The van der Waals surface area contributed by atoms with Crippen molar-refractivity contribution in [3.05, 3.63) is 71.8 Å². The lowest BCUT2D eigenvalue weighted by Crippen LogP contribution is -2.76. The molecule has 0 radical (unpaired) electrons. The third-order valence-corrected chi connectivity index (χ3v) is 6.28. The number of carboxylic acids is 1. The Labute approximate surface area is 172 Å². The van der Waals surface area contributed by atoms with E-state index in [-0.39, 0.29) is 30.8 Å². The van der Waals surface area contributed by atoms with Crippen LogP contribution in [0.1, 0.15) is 50.7 Å². The number of hydrogen-bond acceptors (Lipinski definition) is 3. The first kappa shape index (κ1) is 21.1. The van der Waals surface area contributed by atoms with Gasteiger partial charge in [0.25, 0.3) is 0 Å². The van der Waals surface area contributed by atoms with Gasteiger partial charge in [0.2, 0.25) is 5.91 Å². The van der Waals surface area contributed by atoms with Gasteiger partial charge in [-0.3, -0.25) is 4.79 Å². The Balaban J connectivity index is 1.82. The van der Waals surface area contributed by atoms with E-state index in [0.29, 0.717) is 6.61 Å². The molecule has 29 heavy (non-hydrogen) atoms. The molecule has 2 N–H and O–H groups in total. The lowest BCUT2D eigenvalue weighted by atomic mass is 9.54. The topological polar surface area (TPSA) is 75.6 Å². The molecule has 1 amide bonds. The zero-order valence-corrected chi connectivity index (χ0v) is 17.2. The highest BCUT2D eigenvalue weighted by Gasteiger charge is 2.66. The fraction of sp³-hybridized carbons (Fsp3) is 0.417. The van der Waals surface area contributed by atoms with E-state index in [1.54, 1.807) is 0 Å². The Hall–Kier alpha value is -2.66. The van der Waals surface area contributed by atoms with Gasteiger partial charge in [0.1, 0.15) is 5.54 Å². The molecule has 2 aromatic carbocycles. The second-order valence-corrected chi connectivity index (χ2v) is 8.21. The molecule has 2 aromatic rings. The summed E-state index contributed by atoms with van der Waals surface area (Å²) in [6.45, 7) is 6.09. The molecular formula is C24H29NO4. The number of rotatable bonds is 8. The van der Waals surface area contributed by atoms with Crippen LogP contribution in [0.4, 0.5) is 0 Å². The van der Waals surface area contributed by atoms with Gasteiger partial charge in [0.05, 0.1) is 6.10 Å². The normalized spacial score (nSPS) is 22.7. The molecule has 154 valence electrons. The lowest BCUT2D eigenvalue weighted by molar-refractivity contribution is -0.194. The monoisotopic (exact) mass is 395 g/mol. The minimum absolute atomic E-state index is 0.144. The Bertz CT molecular complexity index is 810. The smallest absolute Gasteiger partial charge is 0.330 e. The minimum Gasteiger partial charge on any atom is -0.479 e. The van der Waals surface area contributed by atoms with Crippen molar-refractivity contribution in [2.24, 2.45) is 5.41 Å².